The molecule has 2 nitrogen and oxygen atoms in total. The Morgan fingerprint density at radius 1 is 1.28 bits per heavy atom. The summed E-state index contributed by atoms with van der Waals surface area (Å²) >= 11 is 0. The molecule has 2 rings (SSSR count). The molecule has 1 saturated carbocycles. The lowest BCUT2D eigenvalue weighted by Gasteiger charge is -2.51. The SMILES string of the molecule is CC(C)CCCC(=O)N1CCC2(CC1)CC(C)C2. The van der Waals surface area contributed by atoms with Gasteiger partial charge < -0.3 is 4.90 Å². The van der Waals surface area contributed by atoms with Gasteiger partial charge in [-0.15, -0.1) is 0 Å². The van der Waals surface area contributed by atoms with E-state index in [1.54, 1.807) is 0 Å². The second-order valence-corrected chi connectivity index (χ2v) is 7.18. The zero-order valence-electron chi connectivity index (χ0n) is 12.4. The highest BCUT2D eigenvalue weighted by Gasteiger charge is 2.44. The smallest absolute Gasteiger partial charge is 0.222 e. The fraction of sp³-hybridized carbons (Fsp3) is 0.938. The molecule has 0 N–H and O–H groups in total. The molecule has 1 heterocycles. The van der Waals surface area contributed by atoms with E-state index >= 15 is 0 Å². The van der Waals surface area contributed by atoms with Crippen LogP contribution in [0.2, 0.25) is 0 Å². The lowest BCUT2D eigenvalue weighted by Crippen LogP contribution is -2.48. The molecule has 1 amide bonds. The van der Waals surface area contributed by atoms with E-state index in [0.717, 1.165) is 37.8 Å². The van der Waals surface area contributed by atoms with E-state index in [0.29, 0.717) is 11.3 Å². The van der Waals surface area contributed by atoms with E-state index in [9.17, 15) is 4.79 Å². The van der Waals surface area contributed by atoms with Gasteiger partial charge >= 0.3 is 0 Å². The van der Waals surface area contributed by atoms with Gasteiger partial charge in [0, 0.05) is 19.5 Å². The van der Waals surface area contributed by atoms with Crippen LogP contribution in [0.4, 0.5) is 0 Å². The zero-order valence-corrected chi connectivity index (χ0v) is 12.4. The Kier molecular flexibility index (Phi) is 4.34. The predicted octanol–water partition coefficient (Wildman–Crippen LogP) is 3.85. The van der Waals surface area contributed by atoms with Crippen LogP contribution in [0.25, 0.3) is 0 Å². The van der Waals surface area contributed by atoms with Gasteiger partial charge in [0.1, 0.15) is 0 Å². The summed E-state index contributed by atoms with van der Waals surface area (Å²) in [7, 11) is 0. The Balaban J connectivity index is 1.68. The molecule has 1 aliphatic carbocycles. The summed E-state index contributed by atoms with van der Waals surface area (Å²) in [5.74, 6) is 2.05. The highest BCUT2D eigenvalue weighted by Crippen LogP contribution is 2.52. The standard InChI is InChI=1S/C16H29NO/c1-13(2)5-4-6-15(18)17-9-7-16(8-10-17)11-14(3)12-16/h13-14H,4-12H2,1-3H3. The van der Waals surface area contributed by atoms with Gasteiger partial charge in [0.25, 0.3) is 0 Å². The Morgan fingerprint density at radius 2 is 1.89 bits per heavy atom. The average Bonchev–Trinajstić information content (AvgIpc) is 2.27. The fourth-order valence-corrected chi connectivity index (χ4v) is 3.88. The van der Waals surface area contributed by atoms with Crippen molar-refractivity contribution in [2.24, 2.45) is 17.3 Å². The van der Waals surface area contributed by atoms with Crippen LogP contribution < -0.4 is 0 Å². The summed E-state index contributed by atoms with van der Waals surface area (Å²) in [4.78, 5) is 14.2. The molecule has 2 fully saturated rings. The van der Waals surface area contributed by atoms with Crippen molar-refractivity contribution in [3.05, 3.63) is 0 Å². The molecule has 1 spiro atoms. The monoisotopic (exact) mass is 251 g/mol. The summed E-state index contributed by atoms with van der Waals surface area (Å²) in [6.45, 7) is 8.86. The first-order valence-corrected chi connectivity index (χ1v) is 7.78. The number of hydrogen-bond donors (Lipinski definition) is 0. The minimum atomic E-state index is 0.401. The first-order chi connectivity index (χ1) is 8.51. The van der Waals surface area contributed by atoms with Crippen molar-refractivity contribution < 1.29 is 4.79 Å². The third kappa shape index (κ3) is 3.27. The van der Waals surface area contributed by atoms with Crippen LogP contribution in [0, 0.1) is 17.3 Å². The Labute approximate surface area is 112 Å². The van der Waals surface area contributed by atoms with Crippen LogP contribution in [-0.4, -0.2) is 23.9 Å². The third-order valence-corrected chi connectivity index (χ3v) is 4.91. The van der Waals surface area contributed by atoms with Gasteiger partial charge in [0.05, 0.1) is 0 Å². The minimum Gasteiger partial charge on any atom is -0.343 e. The maximum absolute atomic E-state index is 12.1. The van der Waals surface area contributed by atoms with E-state index in [-0.39, 0.29) is 0 Å². The zero-order chi connectivity index (χ0) is 13.2. The molecule has 2 aliphatic rings. The first-order valence-electron chi connectivity index (χ1n) is 7.78. The van der Waals surface area contributed by atoms with E-state index in [4.69, 9.17) is 0 Å². The highest BCUT2D eigenvalue weighted by molar-refractivity contribution is 5.76. The van der Waals surface area contributed by atoms with Crippen LogP contribution in [0.3, 0.4) is 0 Å². The topological polar surface area (TPSA) is 20.3 Å². The van der Waals surface area contributed by atoms with Crippen LogP contribution in [0.1, 0.15) is 65.7 Å². The Bertz CT molecular complexity index is 281. The van der Waals surface area contributed by atoms with Gasteiger partial charge in [-0.25, -0.2) is 0 Å². The van der Waals surface area contributed by atoms with E-state index in [2.05, 4.69) is 25.7 Å². The average molecular weight is 251 g/mol. The summed E-state index contributed by atoms with van der Waals surface area (Å²) in [6, 6.07) is 0. The van der Waals surface area contributed by atoms with Crippen LogP contribution in [-0.2, 0) is 4.79 Å². The van der Waals surface area contributed by atoms with Crippen molar-refractivity contribution in [2.45, 2.75) is 65.7 Å². The normalized spacial score (nSPS) is 23.4. The predicted molar refractivity (Wildman–Crippen MR) is 75.3 cm³/mol. The molecule has 0 radical (unpaired) electrons. The number of carbonyl (C=O) groups is 1. The second kappa shape index (κ2) is 5.63. The molecule has 0 bridgehead atoms. The van der Waals surface area contributed by atoms with Gasteiger partial charge in [-0.1, -0.05) is 27.2 Å². The summed E-state index contributed by atoms with van der Waals surface area (Å²) in [5.41, 5.74) is 0.633. The maximum atomic E-state index is 12.1. The quantitative estimate of drug-likeness (QED) is 0.743. The molecule has 2 heteroatoms. The van der Waals surface area contributed by atoms with Crippen LogP contribution in [0.5, 0.6) is 0 Å². The minimum absolute atomic E-state index is 0.401. The van der Waals surface area contributed by atoms with Gasteiger partial charge in [0.15, 0.2) is 0 Å². The fourth-order valence-electron chi connectivity index (χ4n) is 3.88. The number of carbonyl (C=O) groups excluding carboxylic acids is 1. The van der Waals surface area contributed by atoms with Crippen molar-refractivity contribution in [3.63, 3.8) is 0 Å². The molecule has 0 atom stereocenters. The number of amides is 1. The van der Waals surface area contributed by atoms with Gasteiger partial charge in [-0.2, -0.15) is 0 Å². The number of hydrogen-bond acceptors (Lipinski definition) is 1. The van der Waals surface area contributed by atoms with E-state index in [1.807, 2.05) is 0 Å². The van der Waals surface area contributed by atoms with Gasteiger partial charge in [-0.05, 0) is 49.4 Å². The first kappa shape index (κ1) is 13.9. The van der Waals surface area contributed by atoms with Crippen LogP contribution >= 0.6 is 0 Å². The number of piperidine rings is 1. The van der Waals surface area contributed by atoms with Crippen molar-refractivity contribution in [2.75, 3.05) is 13.1 Å². The highest BCUT2D eigenvalue weighted by atomic mass is 16.2. The van der Waals surface area contributed by atoms with E-state index in [1.165, 1.54) is 32.1 Å². The number of rotatable bonds is 4. The van der Waals surface area contributed by atoms with Crippen molar-refractivity contribution in [1.29, 1.82) is 0 Å². The van der Waals surface area contributed by atoms with Gasteiger partial charge in [-0.3, -0.25) is 4.79 Å². The molecule has 1 saturated heterocycles. The summed E-state index contributed by atoms with van der Waals surface area (Å²) in [6.07, 6.45) is 8.34. The van der Waals surface area contributed by atoms with E-state index < -0.39 is 0 Å². The van der Waals surface area contributed by atoms with Crippen molar-refractivity contribution in [3.8, 4) is 0 Å². The molecule has 104 valence electrons. The molecule has 0 aromatic heterocycles. The number of likely N-dealkylation sites (tertiary alicyclic amines) is 1. The maximum Gasteiger partial charge on any atom is 0.222 e. The molecule has 1 aliphatic heterocycles. The lowest BCUT2D eigenvalue weighted by atomic mass is 9.58. The Hall–Kier alpha value is -0.530. The summed E-state index contributed by atoms with van der Waals surface area (Å²) in [5, 5.41) is 0. The second-order valence-electron chi connectivity index (χ2n) is 7.18. The molecule has 0 unspecified atom stereocenters. The van der Waals surface area contributed by atoms with Crippen molar-refractivity contribution in [1.82, 2.24) is 4.90 Å². The number of nitrogens with zero attached hydrogens (tertiary/aromatic N) is 1. The largest absolute Gasteiger partial charge is 0.343 e. The lowest BCUT2D eigenvalue weighted by molar-refractivity contribution is -0.135. The van der Waals surface area contributed by atoms with Crippen molar-refractivity contribution >= 4 is 5.91 Å². The molecule has 18 heavy (non-hydrogen) atoms. The molecule has 0 aromatic rings. The third-order valence-electron chi connectivity index (χ3n) is 4.91. The molecular weight excluding hydrogens is 222 g/mol. The summed E-state index contributed by atoms with van der Waals surface area (Å²) < 4.78 is 0. The molecular formula is C16H29NO. The van der Waals surface area contributed by atoms with Crippen LogP contribution in [0.15, 0.2) is 0 Å². The van der Waals surface area contributed by atoms with Gasteiger partial charge in [0.2, 0.25) is 5.91 Å². The molecule has 0 aromatic carbocycles. The Morgan fingerprint density at radius 3 is 2.39 bits per heavy atom.